The molecule has 2 aliphatic heterocycles. The molecule has 2 saturated heterocycles. The van der Waals surface area contributed by atoms with Crippen LogP contribution in [0.2, 0.25) is 0 Å². The smallest absolute Gasteiger partial charge is 0.245 e. The van der Waals surface area contributed by atoms with Crippen molar-refractivity contribution in [3.05, 3.63) is 29.3 Å². The highest BCUT2D eigenvalue weighted by atomic mass is 32.2. The molecule has 0 bridgehead atoms. The van der Waals surface area contributed by atoms with Crippen LogP contribution in [0.25, 0.3) is 0 Å². The number of benzene rings is 1. The molecule has 1 aliphatic carbocycles. The molecule has 1 atom stereocenters. The largest absolute Gasteiger partial charge is 0.344 e. The lowest BCUT2D eigenvalue weighted by Crippen LogP contribution is -2.54. The summed E-state index contributed by atoms with van der Waals surface area (Å²) < 4.78 is 27.5. The van der Waals surface area contributed by atoms with Gasteiger partial charge in [0.25, 0.3) is 0 Å². The predicted molar refractivity (Wildman–Crippen MR) is 99.6 cm³/mol. The predicted octanol–water partition coefficient (Wildman–Crippen LogP) is 0.677. The van der Waals surface area contributed by atoms with E-state index in [4.69, 9.17) is 0 Å². The van der Waals surface area contributed by atoms with Crippen LogP contribution >= 0.6 is 0 Å². The van der Waals surface area contributed by atoms with Crippen molar-refractivity contribution in [3.63, 3.8) is 0 Å². The van der Waals surface area contributed by atoms with Crippen molar-refractivity contribution in [2.45, 2.75) is 49.5 Å². The molecule has 8 heteroatoms. The number of nitrogens with one attached hydrogen (secondary N) is 1. The maximum absolute atomic E-state index is 13.0. The maximum Gasteiger partial charge on any atom is 0.245 e. The zero-order chi connectivity index (χ0) is 19.0. The molecule has 2 amide bonds. The van der Waals surface area contributed by atoms with Gasteiger partial charge in [0.05, 0.1) is 4.90 Å². The van der Waals surface area contributed by atoms with Gasteiger partial charge in [-0.2, -0.15) is 4.31 Å². The molecule has 146 valence electrons. The van der Waals surface area contributed by atoms with E-state index in [2.05, 4.69) is 5.32 Å². The van der Waals surface area contributed by atoms with E-state index in [1.165, 1.54) is 9.87 Å². The van der Waals surface area contributed by atoms with Crippen molar-refractivity contribution in [3.8, 4) is 0 Å². The first-order valence-electron chi connectivity index (χ1n) is 9.65. The van der Waals surface area contributed by atoms with Crippen LogP contribution in [-0.4, -0.2) is 61.7 Å². The number of fused-ring (bicyclic) bond motifs is 1. The Morgan fingerprint density at radius 2 is 1.70 bits per heavy atom. The van der Waals surface area contributed by atoms with Gasteiger partial charge in [0.15, 0.2) is 0 Å². The highest BCUT2D eigenvalue weighted by Crippen LogP contribution is 2.26. The molecule has 2 fully saturated rings. The fourth-order valence-corrected chi connectivity index (χ4v) is 5.66. The monoisotopic (exact) mass is 391 g/mol. The van der Waals surface area contributed by atoms with Gasteiger partial charge in [0.2, 0.25) is 21.8 Å². The lowest BCUT2D eigenvalue weighted by Gasteiger charge is -2.35. The van der Waals surface area contributed by atoms with Crippen molar-refractivity contribution in [1.82, 2.24) is 14.5 Å². The average molecular weight is 391 g/mol. The molecule has 0 spiro atoms. The molecule has 0 aromatic heterocycles. The second-order valence-electron chi connectivity index (χ2n) is 7.53. The minimum Gasteiger partial charge on any atom is -0.344 e. The zero-order valence-electron chi connectivity index (χ0n) is 15.3. The van der Waals surface area contributed by atoms with E-state index in [9.17, 15) is 18.0 Å². The van der Waals surface area contributed by atoms with E-state index in [0.29, 0.717) is 30.8 Å². The minimum absolute atomic E-state index is 0.0954. The number of amides is 2. The Balaban J connectivity index is 1.42. The van der Waals surface area contributed by atoms with Gasteiger partial charge in [0.1, 0.15) is 6.04 Å². The van der Waals surface area contributed by atoms with Gasteiger partial charge in [-0.25, -0.2) is 8.42 Å². The fraction of sp³-hybridized carbons (Fsp3) is 0.579. The molecule has 1 N–H and O–H groups in total. The van der Waals surface area contributed by atoms with Crippen molar-refractivity contribution in [1.29, 1.82) is 0 Å². The van der Waals surface area contributed by atoms with Gasteiger partial charge >= 0.3 is 0 Å². The summed E-state index contributed by atoms with van der Waals surface area (Å²) in [4.78, 5) is 25.8. The number of hydrogen-bond acceptors (Lipinski definition) is 4. The van der Waals surface area contributed by atoms with Gasteiger partial charge in [-0.3, -0.25) is 9.59 Å². The lowest BCUT2D eigenvalue weighted by atomic mass is 9.92. The molecule has 7 nitrogen and oxygen atoms in total. The number of aryl methyl sites for hydroxylation is 2. The molecule has 0 unspecified atom stereocenters. The third kappa shape index (κ3) is 3.60. The highest BCUT2D eigenvalue weighted by molar-refractivity contribution is 7.89. The summed E-state index contributed by atoms with van der Waals surface area (Å²) in [5, 5.41) is 2.69. The second-order valence-corrected chi connectivity index (χ2v) is 9.46. The quantitative estimate of drug-likeness (QED) is 0.821. The van der Waals surface area contributed by atoms with Crippen LogP contribution in [0.5, 0.6) is 0 Å². The Bertz CT molecular complexity index is 860. The molecule has 1 aromatic rings. The lowest BCUT2D eigenvalue weighted by molar-refractivity contribution is -0.135. The van der Waals surface area contributed by atoms with Crippen LogP contribution in [0, 0.1) is 0 Å². The first-order chi connectivity index (χ1) is 12.9. The van der Waals surface area contributed by atoms with Crippen LogP contribution in [0.1, 0.15) is 36.8 Å². The van der Waals surface area contributed by atoms with E-state index in [-0.39, 0.29) is 24.9 Å². The average Bonchev–Trinajstić information content (AvgIpc) is 3.13. The van der Waals surface area contributed by atoms with E-state index >= 15 is 0 Å². The molecular weight excluding hydrogens is 366 g/mol. The Labute approximate surface area is 159 Å². The maximum atomic E-state index is 13.0. The molecule has 27 heavy (non-hydrogen) atoms. The number of sulfonamides is 1. The van der Waals surface area contributed by atoms with E-state index in [0.717, 1.165) is 31.2 Å². The molecule has 4 rings (SSSR count). The van der Waals surface area contributed by atoms with Crippen LogP contribution in [0.4, 0.5) is 0 Å². The molecule has 0 radical (unpaired) electrons. The summed E-state index contributed by atoms with van der Waals surface area (Å²) in [6.45, 7) is 1.28. The number of rotatable bonds is 3. The Morgan fingerprint density at radius 1 is 1.00 bits per heavy atom. The van der Waals surface area contributed by atoms with Crippen molar-refractivity contribution in [2.24, 2.45) is 0 Å². The second kappa shape index (κ2) is 7.24. The highest BCUT2D eigenvalue weighted by Gasteiger charge is 2.35. The summed E-state index contributed by atoms with van der Waals surface area (Å²) in [6, 6.07) is 5.03. The van der Waals surface area contributed by atoms with Crippen molar-refractivity contribution < 1.29 is 18.0 Å². The molecule has 3 aliphatic rings. The van der Waals surface area contributed by atoms with Crippen molar-refractivity contribution in [2.75, 3.05) is 26.2 Å². The Hall–Kier alpha value is -1.93. The standard InChI is InChI=1S/C19H25N3O4S/c23-18-8-7-17(20-18)19(24)21-9-11-22(12-10-21)27(25,26)16-6-5-14-3-1-2-4-15(14)13-16/h5-6,13,17H,1-4,7-12H2,(H,20,23)/t17-/m0/s1. The SMILES string of the molecule is O=C1CC[C@@H](C(=O)N2CCN(S(=O)(=O)c3ccc4c(c3)CCCC4)CC2)N1. The van der Waals surface area contributed by atoms with Gasteiger partial charge in [-0.05, 0) is 55.4 Å². The summed E-state index contributed by atoms with van der Waals surface area (Å²) >= 11 is 0. The van der Waals surface area contributed by atoms with Crippen molar-refractivity contribution >= 4 is 21.8 Å². The van der Waals surface area contributed by atoms with E-state index in [1.807, 2.05) is 12.1 Å². The van der Waals surface area contributed by atoms with E-state index in [1.54, 1.807) is 11.0 Å². The topological polar surface area (TPSA) is 86.8 Å². The third-order valence-corrected chi connectivity index (χ3v) is 7.70. The third-order valence-electron chi connectivity index (χ3n) is 5.80. The fourth-order valence-electron chi connectivity index (χ4n) is 4.19. The van der Waals surface area contributed by atoms with Gasteiger partial charge < -0.3 is 10.2 Å². The van der Waals surface area contributed by atoms with Crippen LogP contribution < -0.4 is 5.32 Å². The minimum atomic E-state index is -3.55. The van der Waals surface area contributed by atoms with E-state index < -0.39 is 16.1 Å². The number of piperazine rings is 1. The number of carbonyl (C=O) groups is 2. The first-order valence-corrected chi connectivity index (χ1v) is 11.1. The summed E-state index contributed by atoms with van der Waals surface area (Å²) in [6.07, 6.45) is 5.13. The first kappa shape index (κ1) is 18.4. The van der Waals surface area contributed by atoms with Crippen LogP contribution in [0.3, 0.4) is 0 Å². The summed E-state index contributed by atoms with van der Waals surface area (Å²) in [5.41, 5.74) is 2.40. The number of nitrogens with zero attached hydrogens (tertiary/aromatic N) is 2. The van der Waals surface area contributed by atoms with Gasteiger partial charge in [0, 0.05) is 32.6 Å². The number of carbonyl (C=O) groups excluding carboxylic acids is 2. The molecule has 0 saturated carbocycles. The Kier molecular flexibility index (Phi) is 4.94. The summed E-state index contributed by atoms with van der Waals surface area (Å²) in [5.74, 6) is -0.200. The zero-order valence-corrected chi connectivity index (χ0v) is 16.1. The van der Waals surface area contributed by atoms with Gasteiger partial charge in [-0.1, -0.05) is 6.07 Å². The van der Waals surface area contributed by atoms with Crippen LogP contribution in [-0.2, 0) is 32.5 Å². The summed E-state index contributed by atoms with van der Waals surface area (Å²) in [7, 11) is -3.55. The number of hydrogen-bond donors (Lipinski definition) is 1. The molecule has 1 aromatic carbocycles. The normalized spacial score (nSPS) is 23.8. The van der Waals surface area contributed by atoms with Gasteiger partial charge in [-0.15, -0.1) is 0 Å². The van der Waals surface area contributed by atoms with Crippen LogP contribution in [0.15, 0.2) is 23.1 Å². The molecule has 2 heterocycles. The Morgan fingerprint density at radius 3 is 2.37 bits per heavy atom. The molecular formula is C19H25N3O4S.